The van der Waals surface area contributed by atoms with E-state index in [4.69, 9.17) is 0 Å². The Balaban J connectivity index is 2.40. The van der Waals surface area contributed by atoms with Crippen LogP contribution >= 0.6 is 0 Å². The van der Waals surface area contributed by atoms with Gasteiger partial charge in [-0.05, 0) is 142 Å². The largest absolute Gasteiger partial charge is 0.0988 e. The lowest BCUT2D eigenvalue weighted by Gasteiger charge is -2.33. The molecule has 5 unspecified atom stereocenters. The van der Waals surface area contributed by atoms with Gasteiger partial charge in [-0.1, -0.05) is 128 Å². The maximum atomic E-state index is 4.58. The predicted octanol–water partition coefficient (Wildman–Crippen LogP) is 14.1. The molecule has 1 fully saturated rings. The molecule has 0 aromatic heterocycles. The highest BCUT2D eigenvalue weighted by atomic mass is 14.3. The molecule has 2 rings (SSSR count). The van der Waals surface area contributed by atoms with Gasteiger partial charge in [-0.2, -0.15) is 0 Å². The minimum atomic E-state index is 0.498. The topological polar surface area (TPSA) is 0 Å². The summed E-state index contributed by atoms with van der Waals surface area (Å²) in [5.74, 6) is 3.95. The molecule has 0 nitrogen and oxygen atoms in total. The Morgan fingerprint density at radius 3 is 2.21 bits per heavy atom. The van der Waals surface area contributed by atoms with Gasteiger partial charge < -0.3 is 0 Å². The van der Waals surface area contributed by atoms with Crippen LogP contribution in [-0.4, -0.2) is 0 Å². The second-order valence-corrected chi connectivity index (χ2v) is 14.4. The van der Waals surface area contributed by atoms with E-state index in [9.17, 15) is 0 Å². The maximum Gasteiger partial charge on any atom is -0.0116 e. The number of hydrogen-bond acceptors (Lipinski definition) is 0. The van der Waals surface area contributed by atoms with Crippen LogP contribution in [0.25, 0.3) is 0 Å². The zero-order chi connectivity index (χ0) is 31.8. The Hall–Kier alpha value is -1.82. The fourth-order valence-corrected chi connectivity index (χ4v) is 8.13. The third-order valence-corrected chi connectivity index (χ3v) is 11.1. The number of rotatable bonds is 19. The first-order chi connectivity index (χ1) is 20.7. The van der Waals surface area contributed by atoms with Crippen LogP contribution in [0.1, 0.15) is 151 Å². The Bertz CT molecular complexity index is 987. The van der Waals surface area contributed by atoms with Gasteiger partial charge in [0.1, 0.15) is 0 Å². The molecule has 0 heteroatoms. The zero-order valence-corrected chi connectivity index (χ0v) is 29.8. The number of allylic oxidation sites excluding steroid dienone is 11. The average Bonchev–Trinajstić information content (AvgIpc) is 3.02. The van der Waals surface area contributed by atoms with E-state index in [2.05, 4.69) is 98.6 Å². The van der Waals surface area contributed by atoms with E-state index in [0.29, 0.717) is 23.7 Å². The summed E-state index contributed by atoms with van der Waals surface area (Å²) in [7, 11) is 0. The van der Waals surface area contributed by atoms with Crippen molar-refractivity contribution in [2.75, 3.05) is 0 Å². The highest BCUT2D eigenvalue weighted by Crippen LogP contribution is 2.42. The Kier molecular flexibility index (Phi) is 17.6. The van der Waals surface area contributed by atoms with Crippen molar-refractivity contribution in [1.29, 1.82) is 0 Å². The summed E-state index contributed by atoms with van der Waals surface area (Å²) in [4.78, 5) is 0. The molecule has 0 amide bonds. The molecule has 0 aromatic rings. The van der Waals surface area contributed by atoms with Gasteiger partial charge in [-0.25, -0.2) is 0 Å². The Morgan fingerprint density at radius 2 is 1.65 bits per heavy atom. The monoisotopic (exact) mass is 587 g/mol. The van der Waals surface area contributed by atoms with Crippen LogP contribution in [0.2, 0.25) is 0 Å². The second kappa shape index (κ2) is 20.3. The van der Waals surface area contributed by atoms with E-state index in [1.165, 1.54) is 107 Å². The molecule has 0 bridgehead atoms. The summed E-state index contributed by atoms with van der Waals surface area (Å²) in [6, 6.07) is 0. The lowest BCUT2D eigenvalue weighted by Crippen LogP contribution is -2.20. The van der Waals surface area contributed by atoms with Crippen LogP contribution in [0.15, 0.2) is 83.6 Å². The van der Waals surface area contributed by atoms with Gasteiger partial charge >= 0.3 is 0 Å². The van der Waals surface area contributed by atoms with Crippen molar-refractivity contribution >= 4 is 0 Å². The quantitative estimate of drug-likeness (QED) is 0.0802. The SMILES string of the molecule is C=CC(=CCCCC(C(C=C)=C(C)CCCC)C1CCCCC1)C(=C(C(=C)C)C(C)C(C)CC(C)CC)C1CC=CCC1. The molecule has 2 aliphatic carbocycles. The van der Waals surface area contributed by atoms with Crippen LogP contribution in [-0.2, 0) is 0 Å². The van der Waals surface area contributed by atoms with Crippen LogP contribution in [0, 0.1) is 35.5 Å². The molecule has 43 heavy (non-hydrogen) atoms. The molecule has 1 saturated carbocycles. The van der Waals surface area contributed by atoms with E-state index in [1.807, 2.05) is 0 Å². The second-order valence-electron chi connectivity index (χ2n) is 14.4. The van der Waals surface area contributed by atoms with Crippen molar-refractivity contribution in [3.63, 3.8) is 0 Å². The molecule has 0 aliphatic heterocycles. The van der Waals surface area contributed by atoms with Crippen LogP contribution < -0.4 is 0 Å². The molecule has 5 atom stereocenters. The van der Waals surface area contributed by atoms with Crippen molar-refractivity contribution in [1.82, 2.24) is 0 Å². The van der Waals surface area contributed by atoms with Gasteiger partial charge in [-0.15, -0.1) is 0 Å². The van der Waals surface area contributed by atoms with Gasteiger partial charge in [0.05, 0.1) is 0 Å². The third kappa shape index (κ3) is 11.6. The van der Waals surface area contributed by atoms with E-state index in [-0.39, 0.29) is 0 Å². The van der Waals surface area contributed by atoms with Crippen molar-refractivity contribution in [3.8, 4) is 0 Å². The third-order valence-electron chi connectivity index (χ3n) is 11.1. The first-order valence-electron chi connectivity index (χ1n) is 18.4. The smallest absolute Gasteiger partial charge is 0.0116 e. The first-order valence-corrected chi connectivity index (χ1v) is 18.4. The molecular formula is C43H70. The summed E-state index contributed by atoms with van der Waals surface area (Å²) in [5, 5.41) is 0. The summed E-state index contributed by atoms with van der Waals surface area (Å²) in [5.41, 5.74) is 8.88. The Labute approximate surface area is 269 Å². The zero-order valence-electron chi connectivity index (χ0n) is 29.8. The minimum absolute atomic E-state index is 0.498. The summed E-state index contributed by atoms with van der Waals surface area (Å²) in [6.07, 6.45) is 32.2. The van der Waals surface area contributed by atoms with Crippen LogP contribution in [0.3, 0.4) is 0 Å². The summed E-state index contributed by atoms with van der Waals surface area (Å²) >= 11 is 0. The van der Waals surface area contributed by atoms with Crippen molar-refractivity contribution in [3.05, 3.63) is 83.6 Å². The van der Waals surface area contributed by atoms with Gasteiger partial charge in [0, 0.05) is 0 Å². The lowest BCUT2D eigenvalue weighted by atomic mass is 9.72. The van der Waals surface area contributed by atoms with E-state index < -0.39 is 0 Å². The standard InChI is InChI=1S/C43H70/c1-11-15-24-34(8)40(14-4)41(38-26-18-16-19-27-38)30-23-22-25-37(13-3)43(39-28-20-17-21-29-39)42(32(5)6)36(10)35(9)31-33(7)12-2/h13-14,17,20,25,33,35-36,38-39,41H,3-5,11-12,15-16,18-19,21-24,26-31H2,1-2,6-10H3. The average molecular weight is 587 g/mol. The van der Waals surface area contributed by atoms with E-state index in [0.717, 1.165) is 24.7 Å². The fourth-order valence-electron chi connectivity index (χ4n) is 8.13. The highest BCUT2D eigenvalue weighted by molar-refractivity contribution is 5.50. The normalized spacial score (nSPS) is 22.2. The van der Waals surface area contributed by atoms with Crippen molar-refractivity contribution < 1.29 is 0 Å². The molecule has 0 aromatic carbocycles. The molecule has 0 radical (unpaired) electrons. The van der Waals surface area contributed by atoms with Crippen molar-refractivity contribution in [2.24, 2.45) is 35.5 Å². The Morgan fingerprint density at radius 1 is 0.930 bits per heavy atom. The summed E-state index contributed by atoms with van der Waals surface area (Å²) in [6.45, 7) is 29.9. The molecule has 2 aliphatic rings. The minimum Gasteiger partial charge on any atom is -0.0988 e. The molecule has 0 N–H and O–H groups in total. The van der Waals surface area contributed by atoms with Gasteiger partial charge in [-0.3, -0.25) is 0 Å². The fraction of sp³-hybridized carbons (Fsp3) is 0.674. The van der Waals surface area contributed by atoms with Gasteiger partial charge in [0.15, 0.2) is 0 Å². The maximum absolute atomic E-state index is 4.58. The van der Waals surface area contributed by atoms with Crippen LogP contribution in [0.5, 0.6) is 0 Å². The van der Waals surface area contributed by atoms with Crippen LogP contribution in [0.4, 0.5) is 0 Å². The van der Waals surface area contributed by atoms with Gasteiger partial charge in [0.25, 0.3) is 0 Å². The van der Waals surface area contributed by atoms with Crippen molar-refractivity contribution in [2.45, 2.75) is 151 Å². The number of hydrogen-bond donors (Lipinski definition) is 0. The van der Waals surface area contributed by atoms with Gasteiger partial charge in [0.2, 0.25) is 0 Å². The molecule has 242 valence electrons. The molecule has 0 spiro atoms. The molecular weight excluding hydrogens is 516 g/mol. The number of unbranched alkanes of at least 4 members (excludes halogenated alkanes) is 2. The summed E-state index contributed by atoms with van der Waals surface area (Å²) < 4.78 is 0. The molecule has 0 saturated heterocycles. The first kappa shape index (κ1) is 37.4. The van der Waals surface area contributed by atoms with E-state index >= 15 is 0 Å². The highest BCUT2D eigenvalue weighted by Gasteiger charge is 2.28. The van der Waals surface area contributed by atoms with E-state index in [1.54, 1.807) is 16.7 Å². The molecule has 0 heterocycles. The lowest BCUT2D eigenvalue weighted by molar-refractivity contribution is 0.264. The predicted molar refractivity (Wildman–Crippen MR) is 195 cm³/mol.